The lowest BCUT2D eigenvalue weighted by Crippen LogP contribution is -2.28. The van der Waals surface area contributed by atoms with Crippen molar-refractivity contribution in [2.45, 2.75) is 17.6 Å². The molecule has 0 amide bonds. The number of aliphatic hydroxyl groups excluding tert-OH is 3. The maximum atomic E-state index is 9.77. The largest absolute Gasteiger partial charge is 0.491 e. The molecule has 0 bridgehead atoms. The summed E-state index contributed by atoms with van der Waals surface area (Å²) in [6.45, 7) is -0.196. The van der Waals surface area contributed by atoms with E-state index in [-0.39, 0.29) is 25.7 Å². The first-order valence-electron chi connectivity index (χ1n) is 12.3. The Labute approximate surface area is 221 Å². The van der Waals surface area contributed by atoms with Gasteiger partial charge in [-0.15, -0.1) is 11.6 Å². The van der Waals surface area contributed by atoms with Crippen LogP contribution in [0.15, 0.2) is 97.1 Å². The molecule has 190 valence electrons. The topological polar surface area (TPSA) is 79.2 Å². The lowest BCUT2D eigenvalue weighted by Gasteiger charge is -2.34. The highest BCUT2D eigenvalue weighted by molar-refractivity contribution is 6.18. The molecule has 5 nitrogen and oxygen atoms in total. The fourth-order valence-electron chi connectivity index (χ4n) is 5.11. The average Bonchev–Trinajstić information content (AvgIpc) is 3.26. The zero-order valence-electron chi connectivity index (χ0n) is 20.3. The van der Waals surface area contributed by atoms with Crippen molar-refractivity contribution in [3.05, 3.63) is 119 Å². The van der Waals surface area contributed by atoms with E-state index in [1.54, 1.807) is 0 Å². The molecule has 0 spiro atoms. The van der Waals surface area contributed by atoms with Crippen LogP contribution in [0.3, 0.4) is 0 Å². The average molecular weight is 517 g/mol. The van der Waals surface area contributed by atoms with Gasteiger partial charge in [0, 0.05) is 0 Å². The van der Waals surface area contributed by atoms with Crippen LogP contribution in [0.25, 0.3) is 11.1 Å². The van der Waals surface area contributed by atoms with Crippen LogP contribution in [0, 0.1) is 0 Å². The van der Waals surface area contributed by atoms with E-state index in [2.05, 4.69) is 72.8 Å². The molecule has 37 heavy (non-hydrogen) atoms. The van der Waals surface area contributed by atoms with E-state index in [1.807, 2.05) is 24.3 Å². The van der Waals surface area contributed by atoms with Crippen LogP contribution < -0.4 is 9.47 Å². The van der Waals surface area contributed by atoms with Crippen molar-refractivity contribution in [3.63, 3.8) is 0 Å². The molecular formula is C31H29ClO5. The monoisotopic (exact) mass is 516 g/mol. The fourth-order valence-corrected chi connectivity index (χ4v) is 5.20. The van der Waals surface area contributed by atoms with Crippen LogP contribution in [0.2, 0.25) is 0 Å². The lowest BCUT2D eigenvalue weighted by molar-refractivity contribution is 0.0536. The van der Waals surface area contributed by atoms with Crippen LogP contribution in [0.1, 0.15) is 22.3 Å². The van der Waals surface area contributed by atoms with Gasteiger partial charge in [-0.05, 0) is 57.6 Å². The molecule has 0 radical (unpaired) electrons. The molecule has 0 aliphatic heterocycles. The van der Waals surface area contributed by atoms with Gasteiger partial charge in [0.05, 0.1) is 17.9 Å². The Morgan fingerprint density at radius 1 is 0.622 bits per heavy atom. The number of hydrogen-bond donors (Lipinski definition) is 3. The smallest absolute Gasteiger partial charge is 0.119 e. The summed E-state index contributed by atoms with van der Waals surface area (Å²) < 4.78 is 11.4. The molecular weight excluding hydrogens is 488 g/mol. The van der Waals surface area contributed by atoms with Crippen LogP contribution in [0.5, 0.6) is 11.5 Å². The maximum absolute atomic E-state index is 9.77. The van der Waals surface area contributed by atoms with E-state index in [9.17, 15) is 10.2 Å². The van der Waals surface area contributed by atoms with E-state index in [0.717, 1.165) is 11.1 Å². The van der Waals surface area contributed by atoms with Gasteiger partial charge < -0.3 is 24.8 Å². The highest BCUT2D eigenvalue weighted by Crippen LogP contribution is 2.56. The normalized spacial score (nSPS) is 14.9. The number of fused-ring (bicyclic) bond motifs is 3. The first-order chi connectivity index (χ1) is 18.1. The molecule has 1 aliphatic rings. The van der Waals surface area contributed by atoms with Crippen LogP contribution in [0.4, 0.5) is 0 Å². The SMILES string of the molecule is OCC(O)COc1ccc(C2(c3ccc(OCC(O)CCl)cc3)c3ccccc3-c3ccccc32)cc1. The fraction of sp³-hybridized carbons (Fsp3) is 0.226. The molecule has 4 aromatic carbocycles. The molecule has 0 saturated carbocycles. The van der Waals surface area contributed by atoms with Crippen molar-refractivity contribution >= 4 is 11.6 Å². The third kappa shape index (κ3) is 4.72. The van der Waals surface area contributed by atoms with Gasteiger partial charge in [0.2, 0.25) is 0 Å². The maximum Gasteiger partial charge on any atom is 0.119 e. The second-order valence-electron chi connectivity index (χ2n) is 9.16. The van der Waals surface area contributed by atoms with Crippen molar-refractivity contribution in [2.24, 2.45) is 0 Å². The van der Waals surface area contributed by atoms with Crippen molar-refractivity contribution in [1.29, 1.82) is 0 Å². The minimum atomic E-state index is -0.925. The summed E-state index contributed by atoms with van der Waals surface area (Å²) >= 11 is 5.70. The highest BCUT2D eigenvalue weighted by Gasteiger charge is 2.45. The summed E-state index contributed by atoms with van der Waals surface area (Å²) in [5.74, 6) is 1.40. The quantitative estimate of drug-likeness (QED) is 0.233. The summed E-state index contributed by atoms with van der Waals surface area (Å²) in [6.07, 6.45) is -1.65. The summed E-state index contributed by atoms with van der Waals surface area (Å²) in [5.41, 5.74) is 6.35. The first kappa shape index (κ1) is 25.3. The number of hydrogen-bond acceptors (Lipinski definition) is 5. The van der Waals surface area contributed by atoms with Gasteiger partial charge in [0.15, 0.2) is 0 Å². The molecule has 0 heterocycles. The van der Waals surface area contributed by atoms with E-state index < -0.39 is 17.6 Å². The predicted molar refractivity (Wildman–Crippen MR) is 145 cm³/mol. The molecule has 5 rings (SSSR count). The minimum absolute atomic E-state index is 0.0204. The third-order valence-electron chi connectivity index (χ3n) is 6.80. The number of benzene rings is 4. The molecule has 2 unspecified atom stereocenters. The van der Waals surface area contributed by atoms with Crippen LogP contribution in [-0.4, -0.2) is 53.2 Å². The third-order valence-corrected chi connectivity index (χ3v) is 7.16. The van der Waals surface area contributed by atoms with E-state index in [0.29, 0.717) is 11.5 Å². The summed E-state index contributed by atoms with van der Waals surface area (Å²) in [4.78, 5) is 0. The number of alkyl halides is 1. The van der Waals surface area contributed by atoms with Gasteiger partial charge in [-0.1, -0.05) is 72.8 Å². The van der Waals surface area contributed by atoms with Gasteiger partial charge >= 0.3 is 0 Å². The Kier molecular flexibility index (Phi) is 7.49. The standard InChI is InChI=1S/C31H29ClO5/c32-17-23(34)19-36-25-13-9-21(10-14-25)31(22-11-15-26(16-12-22)37-20-24(35)18-33)29-7-3-1-5-27(29)28-6-2-4-8-30(28)31/h1-16,23-24,33-35H,17-20H2. The summed E-state index contributed by atoms with van der Waals surface area (Å²) in [5, 5.41) is 28.5. The van der Waals surface area contributed by atoms with Crippen LogP contribution >= 0.6 is 11.6 Å². The lowest BCUT2D eigenvalue weighted by atomic mass is 9.68. The van der Waals surface area contributed by atoms with Gasteiger partial charge in [0.25, 0.3) is 0 Å². The molecule has 0 fully saturated rings. The number of halogens is 1. The Balaban J connectivity index is 1.61. The number of ether oxygens (including phenoxy) is 2. The molecule has 6 heteroatoms. The van der Waals surface area contributed by atoms with E-state index in [1.165, 1.54) is 22.3 Å². The molecule has 2 atom stereocenters. The van der Waals surface area contributed by atoms with Gasteiger partial charge in [-0.2, -0.15) is 0 Å². The second kappa shape index (κ2) is 11.0. The van der Waals surface area contributed by atoms with Crippen molar-refractivity contribution in [3.8, 4) is 22.6 Å². The second-order valence-corrected chi connectivity index (χ2v) is 9.47. The Morgan fingerprint density at radius 3 is 1.49 bits per heavy atom. The molecule has 0 saturated heterocycles. The zero-order valence-corrected chi connectivity index (χ0v) is 21.0. The number of aliphatic hydroxyl groups is 3. The van der Waals surface area contributed by atoms with Gasteiger partial charge in [0.1, 0.15) is 36.9 Å². The Bertz CT molecular complexity index is 1230. The van der Waals surface area contributed by atoms with Crippen molar-refractivity contribution < 1.29 is 24.8 Å². The zero-order chi connectivity index (χ0) is 25.8. The molecule has 1 aliphatic carbocycles. The molecule has 3 N–H and O–H groups in total. The van der Waals surface area contributed by atoms with Gasteiger partial charge in [-0.3, -0.25) is 0 Å². The Hall–Kier alpha value is -3.35. The predicted octanol–water partition coefficient (Wildman–Crippen LogP) is 4.76. The van der Waals surface area contributed by atoms with Crippen molar-refractivity contribution in [1.82, 2.24) is 0 Å². The Morgan fingerprint density at radius 2 is 1.05 bits per heavy atom. The molecule has 4 aromatic rings. The molecule has 0 aromatic heterocycles. The number of rotatable bonds is 10. The minimum Gasteiger partial charge on any atom is -0.491 e. The first-order valence-corrected chi connectivity index (χ1v) is 12.8. The van der Waals surface area contributed by atoms with E-state index in [4.69, 9.17) is 26.2 Å². The van der Waals surface area contributed by atoms with Gasteiger partial charge in [-0.25, -0.2) is 0 Å². The summed E-state index contributed by atoms with van der Waals surface area (Å²) in [7, 11) is 0. The highest BCUT2D eigenvalue weighted by atomic mass is 35.5. The van der Waals surface area contributed by atoms with E-state index >= 15 is 0 Å². The van der Waals surface area contributed by atoms with Crippen LogP contribution in [-0.2, 0) is 5.41 Å². The van der Waals surface area contributed by atoms with Crippen molar-refractivity contribution in [2.75, 3.05) is 25.7 Å². The summed E-state index contributed by atoms with van der Waals surface area (Å²) in [6, 6.07) is 32.9.